The molecule has 1 N–H and O–H groups in total. The van der Waals surface area contributed by atoms with E-state index in [1.165, 1.54) is 32.6 Å². The predicted octanol–water partition coefficient (Wildman–Crippen LogP) is 2.48. The van der Waals surface area contributed by atoms with Gasteiger partial charge in [-0.15, -0.1) is 0 Å². The van der Waals surface area contributed by atoms with E-state index < -0.39 is 36.6 Å². The summed E-state index contributed by atoms with van der Waals surface area (Å²) in [6, 6.07) is 1.69. The first-order valence-corrected chi connectivity index (χ1v) is 9.85. The molecule has 170 valence electrons. The largest absolute Gasteiger partial charge is 0.405 e. The lowest BCUT2D eigenvalue weighted by Crippen LogP contribution is -2.59. The maximum Gasteiger partial charge on any atom is 0.405 e. The Hall–Kier alpha value is -3.05. The average Bonchev–Trinajstić information content (AvgIpc) is 2.77. The summed E-state index contributed by atoms with van der Waals surface area (Å²) in [7, 11) is 2.80. The van der Waals surface area contributed by atoms with Gasteiger partial charge in [-0.2, -0.15) is 13.2 Å². The maximum absolute atomic E-state index is 13.7. The van der Waals surface area contributed by atoms with Gasteiger partial charge >= 0.3 is 6.18 Å². The van der Waals surface area contributed by atoms with Crippen molar-refractivity contribution in [3.8, 4) is 11.4 Å². The van der Waals surface area contributed by atoms with Gasteiger partial charge in [0.1, 0.15) is 23.2 Å². The zero-order valence-electron chi connectivity index (χ0n) is 17.2. The van der Waals surface area contributed by atoms with Crippen LogP contribution in [0.3, 0.4) is 0 Å². The van der Waals surface area contributed by atoms with Crippen molar-refractivity contribution < 1.29 is 22.8 Å². The fraction of sp³-hybridized carbons (Fsp3) is 0.350. The normalized spacial score (nSPS) is 19.5. The average molecular weight is 469 g/mol. The van der Waals surface area contributed by atoms with Gasteiger partial charge in [0, 0.05) is 20.1 Å². The quantitative estimate of drug-likeness (QED) is 0.547. The Morgan fingerprint density at radius 1 is 1.22 bits per heavy atom. The number of hydrogen-bond donors (Lipinski definition) is 1. The van der Waals surface area contributed by atoms with Crippen molar-refractivity contribution in [2.45, 2.75) is 18.3 Å². The summed E-state index contributed by atoms with van der Waals surface area (Å²) in [5, 5.41) is 2.48. The first-order chi connectivity index (χ1) is 15.0. The number of hydrogen-bond acceptors (Lipinski definition) is 6. The first kappa shape index (κ1) is 23.6. The molecule has 1 aliphatic heterocycles. The number of carbonyl (C=O) groups is 2. The number of piperazine rings is 1. The van der Waals surface area contributed by atoms with E-state index in [1.807, 2.05) is 0 Å². The van der Waals surface area contributed by atoms with Crippen LogP contribution in [0.2, 0.25) is 5.15 Å². The van der Waals surface area contributed by atoms with Crippen LogP contribution in [-0.2, 0) is 4.79 Å². The molecule has 0 radical (unpaired) electrons. The molecule has 2 aromatic rings. The number of nitrogens with zero attached hydrogens (tertiary/aromatic N) is 5. The van der Waals surface area contributed by atoms with Gasteiger partial charge in [0.05, 0.1) is 17.4 Å². The molecular weight excluding hydrogens is 449 g/mol. The molecule has 0 bridgehead atoms. The van der Waals surface area contributed by atoms with Crippen LogP contribution in [0.15, 0.2) is 37.2 Å². The molecule has 32 heavy (non-hydrogen) atoms. The minimum absolute atomic E-state index is 0.000972. The number of halogens is 4. The fourth-order valence-corrected chi connectivity index (χ4v) is 3.76. The summed E-state index contributed by atoms with van der Waals surface area (Å²) >= 11 is 6.18. The standard InChI is InChI=1S/C20H20ClF3N6O2/c1-4-18(31)30-8-15(29(3)16(9-30)20(22,23)24)11-5-13(28-17(21)6-11)12-7-14(19(32)25-2)27-10-26-12/h4-7,10,15-16H,1,8-9H2,2-3H3,(H,25,32)/t15-,16+/m0/s1. The van der Waals surface area contributed by atoms with Gasteiger partial charge in [-0.05, 0) is 36.9 Å². The molecule has 0 unspecified atom stereocenters. The molecule has 3 heterocycles. The van der Waals surface area contributed by atoms with Crippen LogP contribution < -0.4 is 5.32 Å². The monoisotopic (exact) mass is 468 g/mol. The third-order valence-electron chi connectivity index (χ3n) is 5.22. The zero-order chi connectivity index (χ0) is 23.6. The summed E-state index contributed by atoms with van der Waals surface area (Å²) in [6.45, 7) is 2.87. The van der Waals surface area contributed by atoms with Crippen molar-refractivity contribution in [2.24, 2.45) is 0 Å². The van der Waals surface area contributed by atoms with Crippen molar-refractivity contribution in [2.75, 3.05) is 27.2 Å². The van der Waals surface area contributed by atoms with Gasteiger partial charge in [-0.25, -0.2) is 15.0 Å². The van der Waals surface area contributed by atoms with Crippen molar-refractivity contribution in [3.63, 3.8) is 0 Å². The van der Waals surface area contributed by atoms with Gasteiger partial charge in [0.15, 0.2) is 0 Å². The van der Waals surface area contributed by atoms with Crippen molar-refractivity contribution in [1.82, 2.24) is 30.1 Å². The molecule has 3 rings (SSSR count). The number of alkyl halides is 3. The van der Waals surface area contributed by atoms with Crippen LogP contribution >= 0.6 is 11.6 Å². The lowest BCUT2D eigenvalue weighted by atomic mass is 9.98. The van der Waals surface area contributed by atoms with E-state index in [-0.39, 0.29) is 28.8 Å². The zero-order valence-corrected chi connectivity index (χ0v) is 18.0. The maximum atomic E-state index is 13.7. The van der Waals surface area contributed by atoms with Crippen molar-refractivity contribution in [3.05, 3.63) is 53.6 Å². The molecule has 0 saturated carbocycles. The van der Waals surface area contributed by atoms with E-state index in [9.17, 15) is 22.8 Å². The minimum atomic E-state index is -4.55. The molecule has 2 amide bonds. The van der Waals surface area contributed by atoms with Crippen LogP contribution in [-0.4, -0.2) is 76.0 Å². The van der Waals surface area contributed by atoms with Crippen molar-refractivity contribution >= 4 is 23.4 Å². The summed E-state index contributed by atoms with van der Waals surface area (Å²) in [5.74, 6) is -1.03. The van der Waals surface area contributed by atoms with E-state index in [1.54, 1.807) is 6.07 Å². The molecule has 0 spiro atoms. The second-order valence-electron chi connectivity index (χ2n) is 7.16. The second-order valence-corrected chi connectivity index (χ2v) is 7.55. The van der Waals surface area contributed by atoms with E-state index in [4.69, 9.17) is 11.6 Å². The number of pyridine rings is 1. The van der Waals surface area contributed by atoms with Crippen LogP contribution in [0.4, 0.5) is 13.2 Å². The van der Waals surface area contributed by atoms with Crippen LogP contribution in [0.5, 0.6) is 0 Å². The highest BCUT2D eigenvalue weighted by Crippen LogP contribution is 2.36. The highest BCUT2D eigenvalue weighted by atomic mass is 35.5. The Morgan fingerprint density at radius 3 is 2.56 bits per heavy atom. The number of rotatable bonds is 4. The lowest BCUT2D eigenvalue weighted by molar-refractivity contribution is -0.202. The molecule has 12 heteroatoms. The van der Waals surface area contributed by atoms with E-state index in [0.717, 1.165) is 15.9 Å². The molecule has 8 nitrogen and oxygen atoms in total. The third kappa shape index (κ3) is 4.89. The second kappa shape index (κ2) is 9.21. The molecule has 0 aromatic carbocycles. The number of carbonyl (C=O) groups excluding carboxylic acids is 2. The highest BCUT2D eigenvalue weighted by Gasteiger charge is 2.49. The molecule has 2 atom stereocenters. The molecule has 1 fully saturated rings. The van der Waals surface area contributed by atoms with E-state index in [2.05, 4.69) is 26.8 Å². The number of amides is 2. The summed E-state index contributed by atoms with van der Waals surface area (Å²) in [5.41, 5.74) is 1.03. The molecule has 1 saturated heterocycles. The summed E-state index contributed by atoms with van der Waals surface area (Å²) in [4.78, 5) is 38.5. The van der Waals surface area contributed by atoms with Crippen molar-refractivity contribution in [1.29, 1.82) is 0 Å². The Kier molecular flexibility index (Phi) is 6.79. The van der Waals surface area contributed by atoms with Crippen LogP contribution in [0, 0.1) is 0 Å². The number of nitrogens with one attached hydrogen (secondary N) is 1. The van der Waals surface area contributed by atoms with E-state index >= 15 is 0 Å². The van der Waals surface area contributed by atoms with Crippen LogP contribution in [0.1, 0.15) is 22.1 Å². The highest BCUT2D eigenvalue weighted by molar-refractivity contribution is 6.29. The van der Waals surface area contributed by atoms with Gasteiger partial charge in [0.2, 0.25) is 5.91 Å². The summed E-state index contributed by atoms with van der Waals surface area (Å²) < 4.78 is 41.1. The fourth-order valence-electron chi connectivity index (χ4n) is 3.54. The van der Waals surface area contributed by atoms with Gasteiger partial charge in [0.25, 0.3) is 5.91 Å². The Morgan fingerprint density at radius 2 is 1.94 bits per heavy atom. The predicted molar refractivity (Wildman–Crippen MR) is 111 cm³/mol. The lowest BCUT2D eigenvalue weighted by Gasteiger charge is -2.45. The third-order valence-corrected chi connectivity index (χ3v) is 5.42. The van der Waals surface area contributed by atoms with Gasteiger partial charge in [-0.3, -0.25) is 14.5 Å². The van der Waals surface area contributed by atoms with Crippen LogP contribution in [0.25, 0.3) is 11.4 Å². The molecule has 0 aliphatic carbocycles. The van der Waals surface area contributed by atoms with E-state index in [0.29, 0.717) is 5.56 Å². The topological polar surface area (TPSA) is 91.3 Å². The number of likely N-dealkylation sites (N-methyl/N-ethyl adjacent to an activating group) is 1. The first-order valence-electron chi connectivity index (χ1n) is 9.47. The Balaban J connectivity index is 2.04. The molecular formula is C20H20ClF3N6O2. The Bertz CT molecular complexity index is 1050. The smallest absolute Gasteiger partial charge is 0.354 e. The Labute approximate surface area is 187 Å². The van der Waals surface area contributed by atoms with Gasteiger partial charge < -0.3 is 10.2 Å². The molecule has 1 aliphatic rings. The SMILES string of the molecule is C=CC(=O)N1C[C@@H](c2cc(Cl)nc(-c3cc(C(=O)NC)ncn3)c2)N(C)[C@@H](C(F)(F)F)C1. The summed E-state index contributed by atoms with van der Waals surface area (Å²) in [6.07, 6.45) is -2.39. The van der Waals surface area contributed by atoms with Gasteiger partial charge in [-0.1, -0.05) is 18.2 Å². The number of aromatic nitrogens is 3. The minimum Gasteiger partial charge on any atom is -0.354 e. The molecule has 2 aromatic heterocycles.